The van der Waals surface area contributed by atoms with Crippen LogP contribution in [0, 0.1) is 0 Å². The van der Waals surface area contributed by atoms with Gasteiger partial charge >= 0.3 is 0 Å². The Morgan fingerprint density at radius 1 is 1.41 bits per heavy atom. The fraction of sp³-hybridized carbons (Fsp3) is 0.273. The maximum absolute atomic E-state index is 11.7. The summed E-state index contributed by atoms with van der Waals surface area (Å²) in [5.41, 5.74) is 0.584. The van der Waals surface area contributed by atoms with Crippen molar-refractivity contribution in [1.29, 1.82) is 0 Å². The summed E-state index contributed by atoms with van der Waals surface area (Å²) in [5.74, 6) is -0.907. The van der Waals surface area contributed by atoms with Crippen molar-refractivity contribution in [3.8, 4) is 0 Å². The van der Waals surface area contributed by atoms with Crippen LogP contribution in [0.4, 0.5) is 5.69 Å². The molecule has 0 heterocycles. The largest absolute Gasteiger partial charge is 0.387 e. The van der Waals surface area contributed by atoms with E-state index in [4.69, 9.17) is 16.7 Å². The van der Waals surface area contributed by atoms with Crippen molar-refractivity contribution >= 4 is 29.1 Å². The van der Waals surface area contributed by atoms with Crippen LogP contribution in [0.2, 0.25) is 5.02 Å². The van der Waals surface area contributed by atoms with Gasteiger partial charge in [0.25, 0.3) is 5.91 Å². The first-order valence-electron chi connectivity index (χ1n) is 5.07. The highest BCUT2D eigenvalue weighted by Gasteiger charge is 2.12. The molecule has 0 aliphatic heterocycles. The van der Waals surface area contributed by atoms with Crippen molar-refractivity contribution in [1.82, 2.24) is 5.32 Å². The van der Waals surface area contributed by atoms with E-state index in [9.17, 15) is 9.59 Å². The zero-order valence-corrected chi connectivity index (χ0v) is 10.0. The van der Waals surface area contributed by atoms with E-state index in [1.165, 1.54) is 12.1 Å². The SMILES string of the molecule is CCNC(=O)c1ccc(Cl)cc1NC(=O)CO. The highest BCUT2D eigenvalue weighted by atomic mass is 35.5. The molecule has 0 atom stereocenters. The number of aliphatic hydroxyl groups excluding tert-OH is 1. The topological polar surface area (TPSA) is 78.4 Å². The van der Waals surface area contributed by atoms with Crippen LogP contribution in [-0.2, 0) is 4.79 Å². The van der Waals surface area contributed by atoms with Gasteiger partial charge in [-0.15, -0.1) is 0 Å². The monoisotopic (exact) mass is 256 g/mol. The fourth-order valence-corrected chi connectivity index (χ4v) is 1.44. The molecule has 0 aliphatic rings. The lowest BCUT2D eigenvalue weighted by atomic mass is 10.1. The predicted molar refractivity (Wildman–Crippen MR) is 65.2 cm³/mol. The van der Waals surface area contributed by atoms with Crippen LogP contribution in [0.3, 0.4) is 0 Å². The fourth-order valence-electron chi connectivity index (χ4n) is 1.26. The summed E-state index contributed by atoms with van der Waals surface area (Å²) in [6.07, 6.45) is 0. The predicted octanol–water partition coefficient (Wildman–Crippen LogP) is 1.02. The van der Waals surface area contributed by atoms with Crippen LogP contribution in [-0.4, -0.2) is 30.1 Å². The van der Waals surface area contributed by atoms with Crippen LogP contribution < -0.4 is 10.6 Å². The Bertz CT molecular complexity index is 435. The molecule has 0 aromatic heterocycles. The number of carbonyl (C=O) groups is 2. The molecule has 0 spiro atoms. The number of halogens is 1. The minimum atomic E-state index is -0.651. The van der Waals surface area contributed by atoms with Crippen molar-refractivity contribution in [2.45, 2.75) is 6.92 Å². The van der Waals surface area contributed by atoms with Gasteiger partial charge in [0.1, 0.15) is 6.61 Å². The van der Waals surface area contributed by atoms with Gasteiger partial charge in [0, 0.05) is 11.6 Å². The summed E-state index contributed by atoms with van der Waals surface area (Å²) in [7, 11) is 0. The summed E-state index contributed by atoms with van der Waals surface area (Å²) >= 11 is 5.78. The zero-order chi connectivity index (χ0) is 12.8. The van der Waals surface area contributed by atoms with Crippen LogP contribution in [0.5, 0.6) is 0 Å². The number of aliphatic hydroxyl groups is 1. The van der Waals surface area contributed by atoms with E-state index in [-0.39, 0.29) is 11.6 Å². The van der Waals surface area contributed by atoms with Gasteiger partial charge in [-0.25, -0.2) is 0 Å². The first-order chi connectivity index (χ1) is 8.08. The third-order valence-electron chi connectivity index (χ3n) is 1.98. The average molecular weight is 257 g/mol. The maximum atomic E-state index is 11.7. The summed E-state index contributed by atoms with van der Waals surface area (Å²) < 4.78 is 0. The Morgan fingerprint density at radius 3 is 2.71 bits per heavy atom. The molecule has 92 valence electrons. The molecule has 5 nitrogen and oxygen atoms in total. The van der Waals surface area contributed by atoms with E-state index in [1.54, 1.807) is 13.0 Å². The molecular formula is C11H13ClN2O3. The first kappa shape index (κ1) is 13.5. The smallest absolute Gasteiger partial charge is 0.253 e. The van der Waals surface area contributed by atoms with Crippen LogP contribution >= 0.6 is 11.6 Å². The maximum Gasteiger partial charge on any atom is 0.253 e. The summed E-state index contributed by atoms with van der Waals surface area (Å²) in [5, 5.41) is 14.1. The lowest BCUT2D eigenvalue weighted by Gasteiger charge is -2.10. The van der Waals surface area contributed by atoms with E-state index in [0.717, 1.165) is 0 Å². The van der Waals surface area contributed by atoms with E-state index < -0.39 is 12.5 Å². The van der Waals surface area contributed by atoms with Gasteiger partial charge in [-0.3, -0.25) is 9.59 Å². The van der Waals surface area contributed by atoms with Gasteiger partial charge in [-0.05, 0) is 25.1 Å². The van der Waals surface area contributed by atoms with Crippen molar-refractivity contribution in [2.75, 3.05) is 18.5 Å². The minimum Gasteiger partial charge on any atom is -0.387 e. The number of anilines is 1. The highest BCUT2D eigenvalue weighted by Crippen LogP contribution is 2.21. The lowest BCUT2D eigenvalue weighted by Crippen LogP contribution is -2.25. The Hall–Kier alpha value is -1.59. The molecule has 0 unspecified atom stereocenters. The summed E-state index contributed by atoms with van der Waals surface area (Å²) in [6.45, 7) is 1.62. The van der Waals surface area contributed by atoms with E-state index in [2.05, 4.69) is 10.6 Å². The molecular weight excluding hydrogens is 244 g/mol. The standard InChI is InChI=1S/C11H13ClN2O3/c1-2-13-11(17)8-4-3-7(12)5-9(8)14-10(16)6-15/h3-5,15H,2,6H2,1H3,(H,13,17)(H,14,16). The second kappa shape index (κ2) is 6.22. The van der Waals surface area contributed by atoms with Crippen molar-refractivity contribution in [3.05, 3.63) is 28.8 Å². The molecule has 1 aromatic carbocycles. The molecule has 0 radical (unpaired) electrons. The summed E-state index contributed by atoms with van der Waals surface area (Å²) in [4.78, 5) is 22.8. The third kappa shape index (κ3) is 3.72. The van der Waals surface area contributed by atoms with E-state index >= 15 is 0 Å². The Kier molecular flexibility index (Phi) is 4.93. The average Bonchev–Trinajstić information content (AvgIpc) is 2.29. The Morgan fingerprint density at radius 2 is 2.12 bits per heavy atom. The van der Waals surface area contributed by atoms with Crippen LogP contribution in [0.25, 0.3) is 0 Å². The quantitative estimate of drug-likeness (QED) is 0.753. The second-order valence-corrected chi connectivity index (χ2v) is 3.69. The molecule has 17 heavy (non-hydrogen) atoms. The number of amides is 2. The molecule has 0 saturated carbocycles. The van der Waals surface area contributed by atoms with E-state index in [0.29, 0.717) is 17.1 Å². The van der Waals surface area contributed by atoms with Gasteiger partial charge in [-0.1, -0.05) is 11.6 Å². The minimum absolute atomic E-state index is 0.280. The molecule has 0 fully saturated rings. The number of hydrogen-bond donors (Lipinski definition) is 3. The highest BCUT2D eigenvalue weighted by molar-refractivity contribution is 6.31. The van der Waals surface area contributed by atoms with Gasteiger partial charge < -0.3 is 15.7 Å². The Labute approximate surface area is 104 Å². The van der Waals surface area contributed by atoms with Crippen molar-refractivity contribution in [3.63, 3.8) is 0 Å². The molecule has 1 aromatic rings. The van der Waals surface area contributed by atoms with Gasteiger partial charge in [0.15, 0.2) is 0 Å². The molecule has 0 saturated heterocycles. The van der Waals surface area contributed by atoms with Crippen molar-refractivity contribution in [2.24, 2.45) is 0 Å². The normalized spacial score (nSPS) is 9.82. The second-order valence-electron chi connectivity index (χ2n) is 3.26. The number of nitrogens with one attached hydrogen (secondary N) is 2. The van der Waals surface area contributed by atoms with Gasteiger partial charge in [0.05, 0.1) is 11.3 Å². The number of hydrogen-bond acceptors (Lipinski definition) is 3. The molecule has 0 bridgehead atoms. The van der Waals surface area contributed by atoms with E-state index in [1.807, 2.05) is 0 Å². The van der Waals surface area contributed by atoms with Gasteiger partial charge in [-0.2, -0.15) is 0 Å². The Balaban J connectivity index is 3.03. The van der Waals surface area contributed by atoms with Crippen LogP contribution in [0.1, 0.15) is 17.3 Å². The molecule has 1 rings (SSSR count). The summed E-state index contributed by atoms with van der Waals surface area (Å²) in [6, 6.07) is 4.53. The first-order valence-corrected chi connectivity index (χ1v) is 5.44. The number of carbonyl (C=O) groups excluding carboxylic acids is 2. The number of rotatable bonds is 4. The molecule has 3 N–H and O–H groups in total. The number of benzene rings is 1. The lowest BCUT2D eigenvalue weighted by molar-refractivity contribution is -0.118. The molecule has 2 amide bonds. The van der Waals surface area contributed by atoms with Crippen LogP contribution in [0.15, 0.2) is 18.2 Å². The third-order valence-corrected chi connectivity index (χ3v) is 2.22. The van der Waals surface area contributed by atoms with Crippen molar-refractivity contribution < 1.29 is 14.7 Å². The van der Waals surface area contributed by atoms with Gasteiger partial charge in [0.2, 0.25) is 5.91 Å². The molecule has 0 aliphatic carbocycles. The zero-order valence-electron chi connectivity index (χ0n) is 9.29. The molecule has 6 heteroatoms.